The number of ether oxygens (including phenoxy) is 1. The van der Waals surface area contributed by atoms with Crippen LogP contribution in [0.15, 0.2) is 48.9 Å². The van der Waals surface area contributed by atoms with Crippen LogP contribution in [0, 0.1) is 0 Å². The largest absolute Gasteiger partial charge is 0.456 e. The van der Waals surface area contributed by atoms with Crippen molar-refractivity contribution in [3.8, 4) is 22.8 Å². The number of aromatic nitrogens is 3. The van der Waals surface area contributed by atoms with E-state index >= 15 is 0 Å². The highest BCUT2D eigenvalue weighted by molar-refractivity contribution is 6.32. The minimum atomic E-state index is 0.444. The molecule has 2 heterocycles. The number of pyridine rings is 1. The molecule has 0 aliphatic rings. The van der Waals surface area contributed by atoms with Crippen LogP contribution < -0.4 is 10.5 Å². The van der Waals surface area contributed by atoms with Crippen LogP contribution in [0.1, 0.15) is 0 Å². The van der Waals surface area contributed by atoms with Crippen molar-refractivity contribution in [1.82, 2.24) is 14.8 Å². The number of hydrogen-bond donors (Lipinski definition) is 1. The van der Waals surface area contributed by atoms with Gasteiger partial charge in [-0.05, 0) is 24.3 Å². The zero-order valence-electron chi connectivity index (χ0n) is 11.3. The first-order chi connectivity index (χ1) is 10.1. The van der Waals surface area contributed by atoms with E-state index in [1.807, 2.05) is 13.2 Å². The van der Waals surface area contributed by atoms with E-state index in [9.17, 15) is 0 Å². The molecule has 0 aliphatic heterocycles. The van der Waals surface area contributed by atoms with Gasteiger partial charge in [0.1, 0.15) is 16.5 Å². The van der Waals surface area contributed by atoms with Crippen LogP contribution in [0.2, 0.25) is 5.02 Å². The normalized spacial score (nSPS) is 10.6. The molecule has 1 aromatic carbocycles. The van der Waals surface area contributed by atoms with Gasteiger partial charge in [0.05, 0.1) is 11.9 Å². The summed E-state index contributed by atoms with van der Waals surface area (Å²) in [6.45, 7) is 0. The Labute approximate surface area is 126 Å². The van der Waals surface area contributed by atoms with Crippen LogP contribution in [0.3, 0.4) is 0 Å². The van der Waals surface area contributed by atoms with Crippen molar-refractivity contribution >= 4 is 17.3 Å². The van der Waals surface area contributed by atoms with E-state index < -0.39 is 0 Å². The van der Waals surface area contributed by atoms with Gasteiger partial charge in [-0.1, -0.05) is 11.6 Å². The van der Waals surface area contributed by atoms with E-state index in [-0.39, 0.29) is 0 Å². The number of rotatable bonds is 3. The van der Waals surface area contributed by atoms with Crippen molar-refractivity contribution < 1.29 is 4.74 Å². The molecular formula is C15H13ClN4O. The Morgan fingerprint density at radius 3 is 2.62 bits per heavy atom. The first kappa shape index (κ1) is 13.5. The zero-order valence-corrected chi connectivity index (χ0v) is 12.1. The molecule has 2 aromatic heterocycles. The van der Waals surface area contributed by atoms with Gasteiger partial charge in [-0.3, -0.25) is 9.67 Å². The number of nitrogen functional groups attached to an aromatic ring is 1. The van der Waals surface area contributed by atoms with E-state index in [1.165, 1.54) is 0 Å². The van der Waals surface area contributed by atoms with Crippen LogP contribution in [0.4, 0.5) is 5.69 Å². The number of halogens is 1. The smallest absolute Gasteiger partial charge is 0.149 e. The van der Waals surface area contributed by atoms with Crippen molar-refractivity contribution in [1.29, 1.82) is 0 Å². The molecule has 106 valence electrons. The van der Waals surface area contributed by atoms with Gasteiger partial charge < -0.3 is 10.5 Å². The Balaban J connectivity index is 1.92. The lowest BCUT2D eigenvalue weighted by molar-refractivity contribution is 0.482. The SMILES string of the molecule is Cn1cc(-c2cc(Oc3ccc(N)cc3)c(Cl)cn2)cn1. The van der Waals surface area contributed by atoms with Crippen LogP contribution >= 0.6 is 11.6 Å². The molecule has 0 fully saturated rings. The molecule has 0 unspecified atom stereocenters. The van der Waals surface area contributed by atoms with Gasteiger partial charge in [0, 0.05) is 36.8 Å². The van der Waals surface area contributed by atoms with Gasteiger partial charge in [0.25, 0.3) is 0 Å². The summed E-state index contributed by atoms with van der Waals surface area (Å²) in [6.07, 6.45) is 5.18. The number of nitrogens with two attached hydrogens (primary N) is 1. The first-order valence-electron chi connectivity index (χ1n) is 6.30. The van der Waals surface area contributed by atoms with Crippen molar-refractivity contribution in [3.05, 3.63) is 53.9 Å². The molecule has 6 heteroatoms. The molecule has 0 radical (unpaired) electrons. The molecular weight excluding hydrogens is 288 g/mol. The molecule has 21 heavy (non-hydrogen) atoms. The highest BCUT2D eigenvalue weighted by Crippen LogP contribution is 2.32. The standard InChI is InChI=1S/C15H13ClN4O/c1-20-9-10(7-19-20)14-6-15(13(16)8-18-14)21-12-4-2-11(17)3-5-12/h2-9H,17H2,1H3. The molecule has 0 saturated carbocycles. The third-order valence-electron chi connectivity index (χ3n) is 2.93. The lowest BCUT2D eigenvalue weighted by atomic mass is 10.2. The van der Waals surface area contributed by atoms with E-state index in [4.69, 9.17) is 22.1 Å². The Bertz CT molecular complexity index is 768. The van der Waals surface area contributed by atoms with Gasteiger partial charge in [-0.25, -0.2) is 0 Å². The number of hydrogen-bond acceptors (Lipinski definition) is 4. The molecule has 2 N–H and O–H groups in total. The van der Waals surface area contributed by atoms with Crippen molar-refractivity contribution in [3.63, 3.8) is 0 Å². The number of anilines is 1. The Kier molecular flexibility index (Phi) is 3.50. The number of nitrogens with zero attached hydrogens (tertiary/aromatic N) is 3. The van der Waals surface area contributed by atoms with Crippen molar-refractivity contribution in [2.75, 3.05) is 5.73 Å². The molecule has 0 atom stereocenters. The molecule has 0 spiro atoms. The second kappa shape index (κ2) is 5.46. The van der Waals surface area contributed by atoms with Crippen LogP contribution in [-0.4, -0.2) is 14.8 Å². The van der Waals surface area contributed by atoms with E-state index in [1.54, 1.807) is 47.4 Å². The van der Waals surface area contributed by atoms with Gasteiger partial charge in [0.15, 0.2) is 0 Å². The lowest BCUT2D eigenvalue weighted by Crippen LogP contribution is -1.90. The highest BCUT2D eigenvalue weighted by Gasteiger charge is 2.09. The summed E-state index contributed by atoms with van der Waals surface area (Å²) in [7, 11) is 1.85. The summed E-state index contributed by atoms with van der Waals surface area (Å²) in [5.74, 6) is 1.20. The fourth-order valence-electron chi connectivity index (χ4n) is 1.87. The molecule has 3 rings (SSSR count). The van der Waals surface area contributed by atoms with E-state index in [2.05, 4.69) is 10.1 Å². The molecule has 0 amide bonds. The highest BCUT2D eigenvalue weighted by atomic mass is 35.5. The molecule has 3 aromatic rings. The topological polar surface area (TPSA) is 66.0 Å². The minimum absolute atomic E-state index is 0.444. The number of benzene rings is 1. The Hall–Kier alpha value is -2.53. The summed E-state index contributed by atoms with van der Waals surface area (Å²) in [5.41, 5.74) is 7.98. The van der Waals surface area contributed by atoms with Gasteiger partial charge in [0.2, 0.25) is 0 Å². The molecule has 0 saturated heterocycles. The summed E-state index contributed by atoms with van der Waals surface area (Å²) < 4.78 is 7.49. The minimum Gasteiger partial charge on any atom is -0.456 e. The van der Waals surface area contributed by atoms with E-state index in [0.29, 0.717) is 22.2 Å². The van der Waals surface area contributed by atoms with Gasteiger partial charge >= 0.3 is 0 Å². The van der Waals surface area contributed by atoms with Crippen molar-refractivity contribution in [2.45, 2.75) is 0 Å². The van der Waals surface area contributed by atoms with Gasteiger partial charge in [-0.15, -0.1) is 0 Å². The average Bonchev–Trinajstić information content (AvgIpc) is 2.90. The van der Waals surface area contributed by atoms with Gasteiger partial charge in [-0.2, -0.15) is 5.10 Å². The fourth-order valence-corrected chi connectivity index (χ4v) is 2.01. The summed E-state index contributed by atoms with van der Waals surface area (Å²) in [6, 6.07) is 8.90. The quantitative estimate of drug-likeness (QED) is 0.752. The second-order valence-electron chi connectivity index (χ2n) is 4.57. The van der Waals surface area contributed by atoms with Crippen LogP contribution in [-0.2, 0) is 7.05 Å². The Morgan fingerprint density at radius 2 is 1.95 bits per heavy atom. The van der Waals surface area contributed by atoms with Crippen molar-refractivity contribution in [2.24, 2.45) is 7.05 Å². The summed E-state index contributed by atoms with van der Waals surface area (Å²) in [5, 5.41) is 4.57. The maximum atomic E-state index is 6.14. The number of aryl methyl sites for hydroxylation is 1. The average molecular weight is 301 g/mol. The summed E-state index contributed by atoms with van der Waals surface area (Å²) >= 11 is 6.14. The lowest BCUT2D eigenvalue weighted by Gasteiger charge is -2.08. The third kappa shape index (κ3) is 2.98. The first-order valence-corrected chi connectivity index (χ1v) is 6.67. The summed E-state index contributed by atoms with van der Waals surface area (Å²) in [4.78, 5) is 4.29. The third-order valence-corrected chi connectivity index (χ3v) is 3.21. The maximum Gasteiger partial charge on any atom is 0.149 e. The van der Waals surface area contributed by atoms with Crippen LogP contribution in [0.25, 0.3) is 11.3 Å². The maximum absolute atomic E-state index is 6.14. The molecule has 5 nitrogen and oxygen atoms in total. The predicted molar refractivity (Wildman–Crippen MR) is 82.4 cm³/mol. The Morgan fingerprint density at radius 1 is 1.19 bits per heavy atom. The predicted octanol–water partition coefficient (Wildman–Crippen LogP) is 3.51. The monoisotopic (exact) mass is 300 g/mol. The fraction of sp³-hybridized carbons (Fsp3) is 0.0667. The zero-order chi connectivity index (χ0) is 14.8. The van der Waals surface area contributed by atoms with E-state index in [0.717, 1.165) is 11.3 Å². The second-order valence-corrected chi connectivity index (χ2v) is 4.98. The molecule has 0 aliphatic carbocycles. The van der Waals surface area contributed by atoms with Crippen LogP contribution in [0.5, 0.6) is 11.5 Å². The molecule has 0 bridgehead atoms.